The molecule has 1 fully saturated rings. The first-order chi connectivity index (χ1) is 9.08. The molecule has 6 heteroatoms. The number of rotatable bonds is 5. The number of carbonyl (C=O) groups excluding carboxylic acids is 2. The first-order valence-electron chi connectivity index (χ1n) is 6.48. The van der Waals surface area contributed by atoms with Crippen LogP contribution in [0.5, 0.6) is 0 Å². The van der Waals surface area contributed by atoms with Crippen molar-refractivity contribution in [2.75, 3.05) is 20.1 Å². The Hall–Kier alpha value is -1.43. The Morgan fingerprint density at radius 1 is 1.63 bits per heavy atom. The van der Waals surface area contributed by atoms with E-state index in [1.807, 2.05) is 12.4 Å². The van der Waals surface area contributed by atoms with E-state index >= 15 is 0 Å². The van der Waals surface area contributed by atoms with Crippen molar-refractivity contribution in [1.29, 1.82) is 0 Å². The fraction of sp³-hybridized carbons (Fsp3) is 0.615. The van der Waals surface area contributed by atoms with Crippen LogP contribution in [0.15, 0.2) is 5.51 Å². The van der Waals surface area contributed by atoms with Crippen molar-refractivity contribution in [1.82, 2.24) is 15.2 Å². The van der Waals surface area contributed by atoms with Crippen LogP contribution >= 0.6 is 11.3 Å². The molecular weight excluding hydrogens is 262 g/mol. The topological polar surface area (TPSA) is 62.3 Å². The van der Waals surface area contributed by atoms with Gasteiger partial charge in [-0.3, -0.25) is 9.59 Å². The number of aromatic nitrogens is 1. The Kier molecular flexibility index (Phi) is 4.52. The molecule has 0 radical (unpaired) electrons. The molecule has 0 spiro atoms. The fourth-order valence-electron chi connectivity index (χ4n) is 2.21. The Morgan fingerprint density at radius 2 is 2.42 bits per heavy atom. The molecule has 0 aliphatic carbocycles. The van der Waals surface area contributed by atoms with Gasteiger partial charge in [0.05, 0.1) is 17.1 Å². The van der Waals surface area contributed by atoms with Gasteiger partial charge in [-0.15, -0.1) is 11.3 Å². The second-order valence-corrected chi connectivity index (χ2v) is 5.87. The zero-order valence-electron chi connectivity index (χ0n) is 11.3. The van der Waals surface area contributed by atoms with E-state index in [-0.39, 0.29) is 17.7 Å². The van der Waals surface area contributed by atoms with Crippen molar-refractivity contribution in [3.63, 3.8) is 0 Å². The van der Waals surface area contributed by atoms with Gasteiger partial charge >= 0.3 is 0 Å². The van der Waals surface area contributed by atoms with Gasteiger partial charge in [0.2, 0.25) is 11.8 Å². The molecule has 19 heavy (non-hydrogen) atoms. The van der Waals surface area contributed by atoms with Crippen LogP contribution < -0.4 is 5.32 Å². The summed E-state index contributed by atoms with van der Waals surface area (Å²) >= 11 is 1.66. The number of hydrogen-bond donors (Lipinski definition) is 1. The standard InChI is InChI=1S/C13H19N3O2S/c1-9-11(19-8-15-9)4-3-5-14-13(18)10-6-12(17)16(2)7-10/h8,10H,3-7H2,1-2H3,(H,14,18)/t10-/m1/s1. The molecule has 0 aromatic carbocycles. The average molecular weight is 281 g/mol. The number of hydrogen-bond acceptors (Lipinski definition) is 4. The van der Waals surface area contributed by atoms with Crippen molar-refractivity contribution < 1.29 is 9.59 Å². The minimum Gasteiger partial charge on any atom is -0.356 e. The van der Waals surface area contributed by atoms with Crippen molar-refractivity contribution in [3.8, 4) is 0 Å². The normalized spacial score (nSPS) is 18.9. The molecule has 1 aliphatic rings. The number of thiazole rings is 1. The van der Waals surface area contributed by atoms with Crippen LogP contribution in [0.25, 0.3) is 0 Å². The summed E-state index contributed by atoms with van der Waals surface area (Å²) in [5.41, 5.74) is 2.93. The highest BCUT2D eigenvalue weighted by Crippen LogP contribution is 2.16. The number of carbonyl (C=O) groups is 2. The Bertz CT molecular complexity index is 472. The zero-order chi connectivity index (χ0) is 13.8. The molecule has 1 aromatic heterocycles. The lowest BCUT2D eigenvalue weighted by Crippen LogP contribution is -2.33. The van der Waals surface area contributed by atoms with Gasteiger partial charge in [-0.1, -0.05) is 0 Å². The quantitative estimate of drug-likeness (QED) is 0.818. The van der Waals surface area contributed by atoms with Crippen LogP contribution in [0.3, 0.4) is 0 Å². The number of nitrogens with one attached hydrogen (secondary N) is 1. The first kappa shape index (κ1) is 14.0. The van der Waals surface area contributed by atoms with Crippen LogP contribution in [0.1, 0.15) is 23.4 Å². The molecule has 104 valence electrons. The van der Waals surface area contributed by atoms with Crippen LogP contribution in [-0.2, 0) is 16.0 Å². The number of likely N-dealkylation sites (tertiary alicyclic amines) is 1. The number of amides is 2. The van der Waals surface area contributed by atoms with E-state index in [1.54, 1.807) is 23.3 Å². The highest BCUT2D eigenvalue weighted by molar-refractivity contribution is 7.09. The van der Waals surface area contributed by atoms with Gasteiger partial charge in [0.15, 0.2) is 0 Å². The molecule has 1 aliphatic heterocycles. The minimum atomic E-state index is -0.178. The van der Waals surface area contributed by atoms with Crippen LogP contribution in [-0.4, -0.2) is 41.8 Å². The lowest BCUT2D eigenvalue weighted by molar-refractivity contribution is -0.128. The number of nitrogens with zero attached hydrogens (tertiary/aromatic N) is 2. The lowest BCUT2D eigenvalue weighted by Gasteiger charge is -2.10. The predicted octanol–water partition coefficient (Wildman–Crippen LogP) is 0.979. The first-order valence-corrected chi connectivity index (χ1v) is 7.36. The van der Waals surface area contributed by atoms with E-state index in [0.717, 1.165) is 18.5 Å². The van der Waals surface area contributed by atoms with E-state index in [2.05, 4.69) is 10.3 Å². The Balaban J connectivity index is 1.67. The van der Waals surface area contributed by atoms with Crippen LogP contribution in [0.4, 0.5) is 0 Å². The average Bonchev–Trinajstić information content (AvgIpc) is 2.92. The van der Waals surface area contributed by atoms with E-state index in [0.29, 0.717) is 19.5 Å². The van der Waals surface area contributed by atoms with E-state index in [1.165, 1.54) is 4.88 Å². The second-order valence-electron chi connectivity index (χ2n) is 4.93. The van der Waals surface area contributed by atoms with Gasteiger partial charge in [0, 0.05) is 31.4 Å². The van der Waals surface area contributed by atoms with Gasteiger partial charge in [0.1, 0.15) is 0 Å². The van der Waals surface area contributed by atoms with Crippen molar-refractivity contribution in [2.45, 2.75) is 26.2 Å². The molecule has 2 heterocycles. The van der Waals surface area contributed by atoms with Crippen molar-refractivity contribution in [2.24, 2.45) is 5.92 Å². The van der Waals surface area contributed by atoms with Crippen molar-refractivity contribution >= 4 is 23.2 Å². The summed E-state index contributed by atoms with van der Waals surface area (Å²) in [4.78, 5) is 30.3. The van der Waals surface area contributed by atoms with E-state index in [9.17, 15) is 9.59 Å². The van der Waals surface area contributed by atoms with Gasteiger partial charge < -0.3 is 10.2 Å². The summed E-state index contributed by atoms with van der Waals surface area (Å²) in [7, 11) is 1.74. The molecule has 2 rings (SSSR count). The molecular formula is C13H19N3O2S. The maximum atomic E-state index is 11.9. The van der Waals surface area contributed by atoms with E-state index in [4.69, 9.17) is 0 Å². The molecule has 1 N–H and O–H groups in total. The molecule has 1 aromatic rings. The highest BCUT2D eigenvalue weighted by atomic mass is 32.1. The molecule has 2 amide bonds. The highest BCUT2D eigenvalue weighted by Gasteiger charge is 2.31. The third-order valence-electron chi connectivity index (χ3n) is 3.44. The number of aryl methyl sites for hydroxylation is 2. The predicted molar refractivity (Wildman–Crippen MR) is 73.9 cm³/mol. The third-order valence-corrected chi connectivity index (χ3v) is 4.43. The van der Waals surface area contributed by atoms with Crippen LogP contribution in [0, 0.1) is 12.8 Å². The molecule has 0 saturated carbocycles. The summed E-state index contributed by atoms with van der Waals surface area (Å²) in [6, 6.07) is 0. The van der Waals surface area contributed by atoms with Gasteiger partial charge in [-0.2, -0.15) is 0 Å². The molecule has 1 saturated heterocycles. The zero-order valence-corrected chi connectivity index (χ0v) is 12.1. The van der Waals surface area contributed by atoms with Gasteiger partial charge in [-0.25, -0.2) is 4.98 Å². The molecule has 0 unspecified atom stereocenters. The fourth-order valence-corrected chi connectivity index (χ4v) is 3.03. The maximum Gasteiger partial charge on any atom is 0.225 e. The van der Waals surface area contributed by atoms with E-state index < -0.39 is 0 Å². The largest absolute Gasteiger partial charge is 0.356 e. The molecule has 1 atom stereocenters. The summed E-state index contributed by atoms with van der Waals surface area (Å²) in [5.74, 6) is -0.123. The maximum absolute atomic E-state index is 11.9. The lowest BCUT2D eigenvalue weighted by atomic mass is 10.1. The summed E-state index contributed by atoms with van der Waals surface area (Å²) < 4.78 is 0. The van der Waals surface area contributed by atoms with Crippen molar-refractivity contribution in [3.05, 3.63) is 16.1 Å². The summed E-state index contributed by atoms with van der Waals surface area (Å²) in [5, 5.41) is 2.91. The van der Waals surface area contributed by atoms with Crippen LogP contribution in [0.2, 0.25) is 0 Å². The third kappa shape index (κ3) is 3.53. The SMILES string of the molecule is Cc1ncsc1CCCNC(=O)[C@@H]1CC(=O)N(C)C1. The summed E-state index contributed by atoms with van der Waals surface area (Å²) in [6.45, 7) is 3.20. The minimum absolute atomic E-state index is 0.00118. The monoisotopic (exact) mass is 281 g/mol. The van der Waals surface area contributed by atoms with Gasteiger partial charge in [0.25, 0.3) is 0 Å². The summed E-state index contributed by atoms with van der Waals surface area (Å²) in [6.07, 6.45) is 2.20. The molecule has 0 bridgehead atoms. The Morgan fingerprint density at radius 3 is 3.00 bits per heavy atom. The van der Waals surface area contributed by atoms with Gasteiger partial charge in [-0.05, 0) is 19.8 Å². The smallest absolute Gasteiger partial charge is 0.225 e. The molecule has 5 nitrogen and oxygen atoms in total. The Labute approximate surface area is 117 Å². The second kappa shape index (κ2) is 6.14.